The van der Waals surface area contributed by atoms with Crippen molar-refractivity contribution in [1.29, 1.82) is 5.26 Å². The van der Waals surface area contributed by atoms with Crippen molar-refractivity contribution < 1.29 is 14.4 Å². The van der Waals surface area contributed by atoms with E-state index in [0.717, 1.165) is 36.1 Å². The van der Waals surface area contributed by atoms with Crippen molar-refractivity contribution in [3.8, 4) is 6.07 Å². The van der Waals surface area contributed by atoms with E-state index < -0.39 is 17.1 Å². The van der Waals surface area contributed by atoms with Crippen LogP contribution in [0.5, 0.6) is 0 Å². The number of benzene rings is 3. The van der Waals surface area contributed by atoms with Gasteiger partial charge in [0.2, 0.25) is 5.91 Å². The van der Waals surface area contributed by atoms with Gasteiger partial charge in [0.15, 0.2) is 0 Å². The monoisotopic (exact) mass is 674 g/mol. The number of rotatable bonds is 9. The molecule has 0 radical (unpaired) electrons. The summed E-state index contributed by atoms with van der Waals surface area (Å²) in [7, 11) is 0. The Bertz CT molecular complexity index is 1810. The first kappa shape index (κ1) is 32.3. The van der Waals surface area contributed by atoms with Gasteiger partial charge in [0.05, 0.1) is 10.8 Å². The number of amides is 3. The standard InChI is InChI=1S/C34H28Cl2N4O3S2/c1-20(31(41)40-34-26(19-37)24-13-5-6-16-30(24)45-34)44-23-12-7-11-22(17-23)38-33(43)29(18-25-27(35)14-8-15-28(25)36)39-32(42)21-9-3-2-4-10-21/h2-4,7-12,14-15,17-18,20H,5-6,13,16H2,1H3,(H,38,43)(H,39,42)(H,40,41)/b29-18+. The predicted molar refractivity (Wildman–Crippen MR) is 183 cm³/mol. The number of carbonyl (C=O) groups excluding carboxylic acids is 3. The Morgan fingerprint density at radius 2 is 1.67 bits per heavy atom. The Kier molecular flexibility index (Phi) is 10.6. The molecule has 1 atom stereocenters. The average Bonchev–Trinajstić information content (AvgIpc) is 3.39. The van der Waals surface area contributed by atoms with Crippen LogP contribution < -0.4 is 16.0 Å². The van der Waals surface area contributed by atoms with Crippen LogP contribution in [0, 0.1) is 11.3 Å². The van der Waals surface area contributed by atoms with Crippen LogP contribution in [0.25, 0.3) is 6.08 Å². The third-order valence-corrected chi connectivity index (χ3v) is 10.1. The zero-order valence-electron chi connectivity index (χ0n) is 24.2. The van der Waals surface area contributed by atoms with Crippen LogP contribution in [0.15, 0.2) is 83.4 Å². The van der Waals surface area contributed by atoms with Gasteiger partial charge in [-0.2, -0.15) is 5.26 Å². The first-order chi connectivity index (χ1) is 21.7. The summed E-state index contributed by atoms with van der Waals surface area (Å²) < 4.78 is 0. The molecule has 3 aromatic carbocycles. The Morgan fingerprint density at radius 3 is 2.40 bits per heavy atom. The summed E-state index contributed by atoms with van der Waals surface area (Å²) in [5.41, 5.74) is 2.80. The summed E-state index contributed by atoms with van der Waals surface area (Å²) in [6.45, 7) is 1.79. The fourth-order valence-electron chi connectivity index (χ4n) is 4.82. The highest BCUT2D eigenvalue weighted by molar-refractivity contribution is 8.00. The second-order valence-electron chi connectivity index (χ2n) is 10.3. The predicted octanol–water partition coefficient (Wildman–Crippen LogP) is 8.33. The van der Waals surface area contributed by atoms with Crippen LogP contribution in [0.3, 0.4) is 0 Å². The Morgan fingerprint density at radius 1 is 0.956 bits per heavy atom. The van der Waals surface area contributed by atoms with Crippen molar-refractivity contribution in [2.45, 2.75) is 42.8 Å². The molecule has 1 aliphatic carbocycles. The number of carbonyl (C=O) groups is 3. The van der Waals surface area contributed by atoms with Gasteiger partial charge in [-0.1, -0.05) is 53.5 Å². The molecule has 0 saturated heterocycles. The molecule has 1 heterocycles. The Hall–Kier alpha value is -4.07. The summed E-state index contributed by atoms with van der Waals surface area (Å²) in [5.74, 6) is -1.28. The molecule has 5 rings (SSSR count). The number of aryl methyl sites for hydroxylation is 1. The van der Waals surface area contributed by atoms with E-state index in [1.807, 2.05) is 6.07 Å². The van der Waals surface area contributed by atoms with Gasteiger partial charge in [-0.15, -0.1) is 23.1 Å². The number of hydrogen-bond donors (Lipinski definition) is 3. The summed E-state index contributed by atoms with van der Waals surface area (Å²) in [6, 6.07) is 22.8. The average molecular weight is 676 g/mol. The van der Waals surface area contributed by atoms with Gasteiger partial charge in [0, 0.05) is 36.6 Å². The van der Waals surface area contributed by atoms with Gasteiger partial charge < -0.3 is 16.0 Å². The molecular formula is C34H28Cl2N4O3S2. The quantitative estimate of drug-likeness (QED) is 0.122. The molecule has 1 unspecified atom stereocenters. The molecule has 3 N–H and O–H groups in total. The van der Waals surface area contributed by atoms with Crippen LogP contribution in [0.2, 0.25) is 10.0 Å². The van der Waals surface area contributed by atoms with Crippen molar-refractivity contribution in [1.82, 2.24) is 5.32 Å². The van der Waals surface area contributed by atoms with E-state index in [-0.39, 0.29) is 11.6 Å². The van der Waals surface area contributed by atoms with Gasteiger partial charge >= 0.3 is 0 Å². The van der Waals surface area contributed by atoms with E-state index in [4.69, 9.17) is 23.2 Å². The molecule has 3 amide bonds. The van der Waals surface area contributed by atoms with Gasteiger partial charge in [0.1, 0.15) is 16.8 Å². The normalized spacial score (nSPS) is 13.2. The van der Waals surface area contributed by atoms with E-state index in [9.17, 15) is 19.6 Å². The smallest absolute Gasteiger partial charge is 0.272 e. The maximum absolute atomic E-state index is 13.5. The molecule has 4 aromatic rings. The lowest BCUT2D eigenvalue weighted by atomic mass is 9.96. The van der Waals surface area contributed by atoms with E-state index in [2.05, 4.69) is 22.0 Å². The number of thiophene rings is 1. The van der Waals surface area contributed by atoms with E-state index >= 15 is 0 Å². The molecule has 0 saturated carbocycles. The first-order valence-electron chi connectivity index (χ1n) is 14.2. The SMILES string of the molecule is CC(Sc1cccc(NC(=O)/C(=C\c2c(Cl)cccc2Cl)NC(=O)c2ccccc2)c1)C(=O)Nc1sc2c(c1C#N)CCCC2. The molecular weight excluding hydrogens is 647 g/mol. The van der Waals surface area contributed by atoms with Gasteiger partial charge in [-0.3, -0.25) is 14.4 Å². The molecule has 7 nitrogen and oxygen atoms in total. The number of halogens is 2. The minimum atomic E-state index is -0.589. The number of thioether (sulfide) groups is 1. The van der Waals surface area contributed by atoms with Crippen molar-refractivity contribution >= 4 is 80.8 Å². The molecule has 1 aromatic heterocycles. The van der Waals surface area contributed by atoms with Crippen LogP contribution in [0.4, 0.5) is 10.7 Å². The summed E-state index contributed by atoms with van der Waals surface area (Å²) >= 11 is 15.5. The van der Waals surface area contributed by atoms with Crippen LogP contribution >= 0.6 is 46.3 Å². The highest BCUT2D eigenvalue weighted by atomic mass is 35.5. The number of nitriles is 1. The second kappa shape index (κ2) is 14.8. The molecule has 11 heteroatoms. The molecule has 0 aliphatic heterocycles. The van der Waals surface area contributed by atoms with Crippen molar-refractivity contribution in [3.05, 3.63) is 116 Å². The van der Waals surface area contributed by atoms with Crippen LogP contribution in [-0.2, 0) is 22.4 Å². The number of nitrogens with one attached hydrogen (secondary N) is 3. The largest absolute Gasteiger partial charge is 0.321 e. The second-order valence-corrected chi connectivity index (χ2v) is 13.6. The lowest BCUT2D eigenvalue weighted by Crippen LogP contribution is -2.30. The molecule has 0 spiro atoms. The van der Waals surface area contributed by atoms with Crippen LogP contribution in [0.1, 0.15) is 51.7 Å². The van der Waals surface area contributed by atoms with Crippen molar-refractivity contribution in [2.75, 3.05) is 10.6 Å². The van der Waals surface area contributed by atoms with Gasteiger partial charge in [-0.05, 0) is 86.7 Å². The number of hydrogen-bond acceptors (Lipinski definition) is 6. The molecule has 228 valence electrons. The molecule has 1 aliphatic rings. The Labute approximate surface area is 279 Å². The topological polar surface area (TPSA) is 111 Å². The third-order valence-electron chi connectivity index (χ3n) is 7.11. The lowest BCUT2D eigenvalue weighted by Gasteiger charge is -2.14. The van der Waals surface area contributed by atoms with Crippen molar-refractivity contribution in [3.63, 3.8) is 0 Å². The number of nitrogens with zero attached hydrogens (tertiary/aromatic N) is 1. The maximum atomic E-state index is 13.5. The molecule has 45 heavy (non-hydrogen) atoms. The van der Waals surface area contributed by atoms with Gasteiger partial charge in [0.25, 0.3) is 11.8 Å². The van der Waals surface area contributed by atoms with E-state index in [0.29, 0.717) is 37.4 Å². The number of anilines is 2. The highest BCUT2D eigenvalue weighted by Gasteiger charge is 2.24. The summed E-state index contributed by atoms with van der Waals surface area (Å²) in [5, 5.41) is 19.0. The van der Waals surface area contributed by atoms with Crippen molar-refractivity contribution in [2.24, 2.45) is 0 Å². The zero-order chi connectivity index (χ0) is 31.9. The lowest BCUT2D eigenvalue weighted by molar-refractivity contribution is -0.115. The van der Waals surface area contributed by atoms with E-state index in [1.54, 1.807) is 73.7 Å². The Balaban J connectivity index is 1.31. The molecule has 0 fully saturated rings. The zero-order valence-corrected chi connectivity index (χ0v) is 27.3. The highest BCUT2D eigenvalue weighted by Crippen LogP contribution is 2.38. The van der Waals surface area contributed by atoms with Gasteiger partial charge in [-0.25, -0.2) is 0 Å². The maximum Gasteiger partial charge on any atom is 0.272 e. The van der Waals surface area contributed by atoms with E-state index in [1.165, 1.54) is 34.1 Å². The van der Waals surface area contributed by atoms with Crippen LogP contribution in [-0.4, -0.2) is 23.0 Å². The summed E-state index contributed by atoms with van der Waals surface area (Å²) in [4.78, 5) is 41.6. The fourth-order valence-corrected chi connectivity index (χ4v) is 7.50. The molecule has 0 bridgehead atoms. The third kappa shape index (κ3) is 7.96. The minimum Gasteiger partial charge on any atom is -0.321 e. The fraction of sp³-hybridized carbons (Fsp3) is 0.176. The summed E-state index contributed by atoms with van der Waals surface area (Å²) in [6.07, 6.45) is 5.38. The first-order valence-corrected chi connectivity index (χ1v) is 16.6. The number of fused-ring (bicyclic) bond motifs is 1. The minimum absolute atomic E-state index is 0.0587.